The van der Waals surface area contributed by atoms with Crippen LogP contribution in [0.5, 0.6) is 0 Å². The van der Waals surface area contributed by atoms with Gasteiger partial charge in [0, 0.05) is 12.7 Å². The molecule has 152 valence electrons. The molecule has 0 spiro atoms. The van der Waals surface area contributed by atoms with Crippen molar-refractivity contribution in [3.05, 3.63) is 42.0 Å². The molecule has 1 heterocycles. The van der Waals surface area contributed by atoms with Crippen LogP contribution in [-0.4, -0.2) is 37.0 Å². The molecule has 29 heavy (non-hydrogen) atoms. The van der Waals surface area contributed by atoms with Crippen molar-refractivity contribution < 1.29 is 19.1 Å². The molecule has 6 atom stereocenters. The van der Waals surface area contributed by atoms with Crippen LogP contribution in [-0.2, 0) is 14.3 Å². The highest BCUT2D eigenvalue weighted by Gasteiger charge is 2.59. The van der Waals surface area contributed by atoms with Gasteiger partial charge in [0.1, 0.15) is 0 Å². The van der Waals surface area contributed by atoms with Crippen LogP contribution >= 0.6 is 0 Å². The summed E-state index contributed by atoms with van der Waals surface area (Å²) in [6.07, 6.45) is 9.23. The van der Waals surface area contributed by atoms with E-state index in [4.69, 9.17) is 4.74 Å². The van der Waals surface area contributed by atoms with Crippen LogP contribution in [0.4, 0.5) is 5.69 Å². The van der Waals surface area contributed by atoms with E-state index in [1.807, 2.05) is 0 Å². The summed E-state index contributed by atoms with van der Waals surface area (Å²) in [5, 5.41) is 3.08. The number of nitrogens with zero attached hydrogens (tertiary/aromatic N) is 1. The Balaban J connectivity index is 1.30. The molecular weight excluding hydrogens is 368 g/mol. The fourth-order valence-electron chi connectivity index (χ4n) is 5.71. The summed E-state index contributed by atoms with van der Waals surface area (Å²) in [5.41, 5.74) is 1.08. The van der Waals surface area contributed by atoms with Crippen molar-refractivity contribution in [3.8, 4) is 0 Å². The van der Waals surface area contributed by atoms with Crippen molar-refractivity contribution in [3.63, 3.8) is 0 Å². The molecule has 0 unspecified atom stereocenters. The standard InChI is InChI=1S/C23H26N2O4/c1-29-18-5-3-2-4-17(18)24-21(26)13-8-10-16(11-9-13)25-22(27)19-14-6-7-15(12-14)20(19)23(25)28/h6-11,14-15,17-20H,2-5,12H2,1H3,(H,24,26)/t14-,15+,17-,18-,19-,20+/m0/s1. The molecule has 2 saturated carbocycles. The topological polar surface area (TPSA) is 75.7 Å². The highest BCUT2D eigenvalue weighted by atomic mass is 16.5. The molecule has 0 aromatic heterocycles. The van der Waals surface area contributed by atoms with Crippen LogP contribution in [0, 0.1) is 23.7 Å². The number of benzene rings is 1. The molecule has 1 saturated heterocycles. The van der Waals surface area contributed by atoms with E-state index >= 15 is 0 Å². The maximum atomic E-state index is 12.9. The molecule has 3 fully saturated rings. The molecule has 2 bridgehead atoms. The van der Waals surface area contributed by atoms with Gasteiger partial charge in [0.2, 0.25) is 11.8 Å². The molecule has 1 aromatic carbocycles. The summed E-state index contributed by atoms with van der Waals surface area (Å²) >= 11 is 0. The highest BCUT2D eigenvalue weighted by Crippen LogP contribution is 2.53. The lowest BCUT2D eigenvalue weighted by atomic mass is 9.85. The lowest BCUT2D eigenvalue weighted by molar-refractivity contribution is -0.123. The number of rotatable bonds is 4. The third-order valence-corrected chi connectivity index (χ3v) is 7.18. The number of carbonyl (C=O) groups is 3. The SMILES string of the molecule is CO[C@H]1CCCC[C@@H]1NC(=O)c1ccc(N2C(=O)[C@@H]3[C@H](C2=O)[C@@H]2C=C[C@H]3C2)cc1. The van der Waals surface area contributed by atoms with Crippen LogP contribution in [0.1, 0.15) is 42.5 Å². The molecule has 3 amide bonds. The number of methoxy groups -OCH3 is 1. The van der Waals surface area contributed by atoms with Gasteiger partial charge in [-0.15, -0.1) is 0 Å². The van der Waals surface area contributed by atoms with Gasteiger partial charge in [-0.25, -0.2) is 0 Å². The van der Waals surface area contributed by atoms with Gasteiger partial charge in [0.05, 0.1) is 29.7 Å². The molecule has 3 aliphatic carbocycles. The Hall–Kier alpha value is -2.47. The van der Waals surface area contributed by atoms with Gasteiger partial charge < -0.3 is 10.1 Å². The molecule has 5 rings (SSSR count). The fraction of sp³-hybridized carbons (Fsp3) is 0.522. The normalized spacial score (nSPS) is 35.3. The van der Waals surface area contributed by atoms with Crippen molar-refractivity contribution in [1.29, 1.82) is 0 Å². The number of ether oxygens (including phenoxy) is 1. The summed E-state index contributed by atoms with van der Waals surface area (Å²) in [4.78, 5) is 39.8. The third-order valence-electron chi connectivity index (χ3n) is 7.18. The quantitative estimate of drug-likeness (QED) is 0.629. The van der Waals surface area contributed by atoms with E-state index in [9.17, 15) is 14.4 Å². The van der Waals surface area contributed by atoms with Crippen LogP contribution in [0.15, 0.2) is 36.4 Å². The minimum absolute atomic E-state index is 0.0185. The van der Waals surface area contributed by atoms with Gasteiger partial charge in [0.25, 0.3) is 5.91 Å². The van der Waals surface area contributed by atoms with E-state index < -0.39 is 0 Å². The maximum absolute atomic E-state index is 12.9. The monoisotopic (exact) mass is 394 g/mol. The Morgan fingerprint density at radius 1 is 1.00 bits per heavy atom. The molecular formula is C23H26N2O4. The number of imide groups is 1. The smallest absolute Gasteiger partial charge is 0.251 e. The second-order valence-corrected chi connectivity index (χ2v) is 8.70. The van der Waals surface area contributed by atoms with Gasteiger partial charge in [-0.2, -0.15) is 0 Å². The van der Waals surface area contributed by atoms with Crippen molar-refractivity contribution in [2.24, 2.45) is 23.7 Å². The highest BCUT2D eigenvalue weighted by molar-refractivity contribution is 6.22. The zero-order chi connectivity index (χ0) is 20.1. The van der Waals surface area contributed by atoms with Crippen molar-refractivity contribution in [2.45, 2.75) is 44.2 Å². The average Bonchev–Trinajstić information content (AvgIpc) is 3.42. The molecule has 0 radical (unpaired) electrons. The predicted octanol–water partition coefficient (Wildman–Crippen LogP) is 2.69. The van der Waals surface area contributed by atoms with E-state index in [-0.39, 0.29) is 53.5 Å². The van der Waals surface area contributed by atoms with Gasteiger partial charge in [-0.3, -0.25) is 19.3 Å². The zero-order valence-corrected chi connectivity index (χ0v) is 16.5. The van der Waals surface area contributed by atoms with Crippen LogP contribution in [0.25, 0.3) is 0 Å². The fourth-order valence-corrected chi connectivity index (χ4v) is 5.71. The molecule has 1 aliphatic heterocycles. The Bertz CT molecular complexity index is 847. The first-order valence-electron chi connectivity index (χ1n) is 10.6. The van der Waals surface area contributed by atoms with E-state index in [0.717, 1.165) is 32.1 Å². The maximum Gasteiger partial charge on any atom is 0.251 e. The average molecular weight is 394 g/mol. The van der Waals surface area contributed by atoms with Crippen LogP contribution in [0.3, 0.4) is 0 Å². The Labute approximate surface area is 170 Å². The Kier molecular flexibility index (Phi) is 4.54. The summed E-state index contributed by atoms with van der Waals surface area (Å²) < 4.78 is 5.51. The molecule has 6 nitrogen and oxygen atoms in total. The largest absolute Gasteiger partial charge is 0.379 e. The van der Waals surface area contributed by atoms with Crippen LogP contribution in [0.2, 0.25) is 0 Å². The molecule has 6 heteroatoms. The first-order valence-corrected chi connectivity index (χ1v) is 10.6. The number of nitrogens with one attached hydrogen (secondary N) is 1. The minimum atomic E-state index is -0.210. The number of hydrogen-bond acceptors (Lipinski definition) is 4. The Morgan fingerprint density at radius 2 is 1.62 bits per heavy atom. The lowest BCUT2D eigenvalue weighted by Gasteiger charge is -2.31. The van der Waals surface area contributed by atoms with Crippen LogP contribution < -0.4 is 10.2 Å². The molecule has 1 aromatic rings. The van der Waals surface area contributed by atoms with Crippen molar-refractivity contribution in [2.75, 3.05) is 12.0 Å². The lowest BCUT2D eigenvalue weighted by Crippen LogP contribution is -2.45. The minimum Gasteiger partial charge on any atom is -0.379 e. The number of allylic oxidation sites excluding steroid dienone is 2. The predicted molar refractivity (Wildman–Crippen MR) is 107 cm³/mol. The number of anilines is 1. The van der Waals surface area contributed by atoms with Crippen molar-refractivity contribution >= 4 is 23.4 Å². The van der Waals surface area contributed by atoms with Crippen molar-refractivity contribution in [1.82, 2.24) is 5.32 Å². The second kappa shape index (κ2) is 7.10. The number of amides is 3. The van der Waals surface area contributed by atoms with Gasteiger partial charge >= 0.3 is 0 Å². The van der Waals surface area contributed by atoms with E-state index in [2.05, 4.69) is 17.5 Å². The van der Waals surface area contributed by atoms with E-state index in [1.54, 1.807) is 31.4 Å². The summed E-state index contributed by atoms with van der Waals surface area (Å²) in [7, 11) is 1.69. The summed E-state index contributed by atoms with van der Waals surface area (Å²) in [5.74, 6) is -0.376. The van der Waals surface area contributed by atoms with Gasteiger partial charge in [-0.1, -0.05) is 25.0 Å². The number of fused-ring (bicyclic) bond motifs is 5. The second-order valence-electron chi connectivity index (χ2n) is 8.70. The van der Waals surface area contributed by atoms with E-state index in [1.165, 1.54) is 4.90 Å². The number of carbonyl (C=O) groups excluding carboxylic acids is 3. The van der Waals surface area contributed by atoms with Gasteiger partial charge in [-0.05, 0) is 55.4 Å². The zero-order valence-electron chi connectivity index (χ0n) is 16.5. The number of hydrogen-bond donors (Lipinski definition) is 1. The molecule has 4 aliphatic rings. The van der Waals surface area contributed by atoms with E-state index in [0.29, 0.717) is 11.3 Å². The Morgan fingerprint density at radius 3 is 2.24 bits per heavy atom. The summed E-state index contributed by atoms with van der Waals surface area (Å²) in [6.45, 7) is 0. The summed E-state index contributed by atoms with van der Waals surface area (Å²) in [6, 6.07) is 6.81. The first-order chi connectivity index (χ1) is 14.1. The molecule has 1 N–H and O–H groups in total. The van der Waals surface area contributed by atoms with Gasteiger partial charge in [0.15, 0.2) is 0 Å². The first kappa shape index (κ1) is 18.6. The third kappa shape index (κ3) is 2.92.